The largest absolute Gasteiger partial charge is 0.381 e. The molecule has 0 N–H and O–H groups in total. The van der Waals surface area contributed by atoms with E-state index < -0.39 is 0 Å². The molecule has 0 saturated carbocycles. The second-order valence-corrected chi connectivity index (χ2v) is 8.64. The molecule has 6 heteroatoms. The van der Waals surface area contributed by atoms with E-state index in [0.29, 0.717) is 13.2 Å². The molecule has 0 radical (unpaired) electrons. The Bertz CT molecular complexity index is 929. The summed E-state index contributed by atoms with van der Waals surface area (Å²) < 4.78 is 5.40. The zero-order valence-electron chi connectivity index (χ0n) is 18.6. The molecule has 2 aliphatic heterocycles. The zero-order valence-corrected chi connectivity index (χ0v) is 18.6. The van der Waals surface area contributed by atoms with Crippen LogP contribution in [0.1, 0.15) is 40.2 Å². The van der Waals surface area contributed by atoms with Gasteiger partial charge in [-0.05, 0) is 45.2 Å². The molecule has 3 heterocycles. The Morgan fingerprint density at radius 3 is 2.57 bits per heavy atom. The lowest BCUT2D eigenvalue weighted by molar-refractivity contribution is -0.135. The van der Waals surface area contributed by atoms with Crippen LogP contribution in [-0.4, -0.2) is 60.2 Å². The molecule has 0 bridgehead atoms. The molecule has 4 rings (SSSR count). The van der Waals surface area contributed by atoms with Crippen LogP contribution in [0.3, 0.4) is 0 Å². The Labute approximate surface area is 179 Å². The van der Waals surface area contributed by atoms with Gasteiger partial charge in [-0.1, -0.05) is 23.8 Å². The van der Waals surface area contributed by atoms with E-state index in [9.17, 15) is 4.79 Å². The normalized spacial score (nSPS) is 19.4. The summed E-state index contributed by atoms with van der Waals surface area (Å²) in [7, 11) is 0. The summed E-state index contributed by atoms with van der Waals surface area (Å²) in [5.74, 6) is 2.11. The number of rotatable bonds is 4. The number of carbonyl (C=O) groups excluding carboxylic acids is 1. The van der Waals surface area contributed by atoms with Crippen molar-refractivity contribution >= 4 is 11.7 Å². The number of ether oxygens (including phenoxy) is 1. The molecule has 1 unspecified atom stereocenters. The van der Waals surface area contributed by atoms with Gasteiger partial charge in [0.15, 0.2) is 0 Å². The summed E-state index contributed by atoms with van der Waals surface area (Å²) in [4.78, 5) is 26.6. The Hall–Kier alpha value is -2.47. The number of carbonyl (C=O) groups is 1. The average molecular weight is 409 g/mol. The highest BCUT2D eigenvalue weighted by Crippen LogP contribution is 2.27. The van der Waals surface area contributed by atoms with Crippen LogP contribution >= 0.6 is 0 Å². The number of benzene rings is 1. The summed E-state index contributed by atoms with van der Waals surface area (Å²) in [5.41, 5.74) is 6.12. The van der Waals surface area contributed by atoms with E-state index in [1.54, 1.807) is 0 Å². The SMILES string of the molecule is Cc1ccc(C)c(Cc2c(C)nc(C)nc2N2CCN(C(=O)C3CCOC3)CC2)c1. The molecule has 2 fully saturated rings. The van der Waals surface area contributed by atoms with Crippen LogP contribution in [0, 0.1) is 33.6 Å². The lowest BCUT2D eigenvalue weighted by atomic mass is 9.97. The van der Waals surface area contributed by atoms with Crippen molar-refractivity contribution in [3.05, 3.63) is 52.0 Å². The fourth-order valence-electron chi connectivity index (χ4n) is 4.49. The van der Waals surface area contributed by atoms with Crippen LogP contribution in [-0.2, 0) is 16.0 Å². The number of hydrogen-bond donors (Lipinski definition) is 0. The van der Waals surface area contributed by atoms with Gasteiger partial charge in [-0.3, -0.25) is 4.79 Å². The number of hydrogen-bond acceptors (Lipinski definition) is 5. The topological polar surface area (TPSA) is 58.6 Å². The van der Waals surface area contributed by atoms with Gasteiger partial charge >= 0.3 is 0 Å². The molecule has 2 aliphatic rings. The predicted molar refractivity (Wildman–Crippen MR) is 118 cm³/mol. The molecular weight excluding hydrogens is 376 g/mol. The van der Waals surface area contributed by atoms with Gasteiger partial charge < -0.3 is 14.5 Å². The predicted octanol–water partition coefficient (Wildman–Crippen LogP) is 2.99. The minimum absolute atomic E-state index is 0.0416. The van der Waals surface area contributed by atoms with Crippen LogP contribution in [0.2, 0.25) is 0 Å². The highest BCUT2D eigenvalue weighted by Gasteiger charge is 2.31. The van der Waals surface area contributed by atoms with E-state index in [0.717, 1.165) is 56.4 Å². The van der Waals surface area contributed by atoms with E-state index in [1.807, 2.05) is 11.8 Å². The third-order valence-electron chi connectivity index (χ3n) is 6.35. The van der Waals surface area contributed by atoms with Gasteiger partial charge in [0, 0.05) is 50.5 Å². The maximum absolute atomic E-state index is 12.7. The van der Waals surface area contributed by atoms with Gasteiger partial charge in [-0.2, -0.15) is 0 Å². The highest BCUT2D eigenvalue weighted by molar-refractivity contribution is 5.79. The molecule has 30 heavy (non-hydrogen) atoms. The first-order chi connectivity index (χ1) is 14.4. The monoisotopic (exact) mass is 408 g/mol. The van der Waals surface area contributed by atoms with Gasteiger partial charge in [-0.15, -0.1) is 0 Å². The van der Waals surface area contributed by atoms with E-state index in [-0.39, 0.29) is 11.8 Å². The van der Waals surface area contributed by atoms with Crippen molar-refractivity contribution < 1.29 is 9.53 Å². The van der Waals surface area contributed by atoms with Gasteiger partial charge in [0.1, 0.15) is 11.6 Å². The van der Waals surface area contributed by atoms with Crippen molar-refractivity contribution in [1.29, 1.82) is 0 Å². The van der Waals surface area contributed by atoms with E-state index in [1.165, 1.54) is 22.3 Å². The third kappa shape index (κ3) is 4.33. The van der Waals surface area contributed by atoms with E-state index in [4.69, 9.17) is 9.72 Å². The highest BCUT2D eigenvalue weighted by atomic mass is 16.5. The Balaban J connectivity index is 1.54. The minimum Gasteiger partial charge on any atom is -0.381 e. The number of anilines is 1. The van der Waals surface area contributed by atoms with Crippen molar-refractivity contribution in [2.75, 3.05) is 44.3 Å². The molecule has 0 spiro atoms. The minimum atomic E-state index is 0.0416. The Kier molecular flexibility index (Phi) is 6.04. The molecular formula is C24H32N4O2. The van der Waals surface area contributed by atoms with Crippen LogP contribution in [0.4, 0.5) is 5.82 Å². The van der Waals surface area contributed by atoms with Crippen molar-refractivity contribution in [2.45, 2.75) is 40.5 Å². The molecule has 1 atom stereocenters. The maximum atomic E-state index is 12.7. The first kappa shape index (κ1) is 20.8. The molecule has 1 aromatic carbocycles. The summed E-state index contributed by atoms with van der Waals surface area (Å²) >= 11 is 0. The first-order valence-corrected chi connectivity index (χ1v) is 10.9. The van der Waals surface area contributed by atoms with Gasteiger partial charge in [-0.25, -0.2) is 9.97 Å². The van der Waals surface area contributed by atoms with E-state index in [2.05, 4.69) is 48.9 Å². The van der Waals surface area contributed by atoms with Gasteiger partial charge in [0.05, 0.1) is 12.5 Å². The molecule has 160 valence electrons. The molecule has 1 aromatic heterocycles. The fourth-order valence-corrected chi connectivity index (χ4v) is 4.49. The Morgan fingerprint density at radius 1 is 1.10 bits per heavy atom. The number of aryl methyl sites for hydroxylation is 4. The zero-order chi connectivity index (χ0) is 21.3. The maximum Gasteiger partial charge on any atom is 0.228 e. The van der Waals surface area contributed by atoms with Crippen molar-refractivity contribution in [1.82, 2.24) is 14.9 Å². The van der Waals surface area contributed by atoms with Gasteiger partial charge in [0.2, 0.25) is 5.91 Å². The van der Waals surface area contributed by atoms with E-state index >= 15 is 0 Å². The van der Waals surface area contributed by atoms with Crippen LogP contribution in [0.5, 0.6) is 0 Å². The number of nitrogens with zero attached hydrogens (tertiary/aromatic N) is 4. The second kappa shape index (κ2) is 8.72. The molecule has 2 saturated heterocycles. The van der Waals surface area contributed by atoms with Crippen LogP contribution < -0.4 is 4.90 Å². The van der Waals surface area contributed by atoms with Crippen molar-refractivity contribution in [2.24, 2.45) is 5.92 Å². The fraction of sp³-hybridized carbons (Fsp3) is 0.542. The van der Waals surface area contributed by atoms with Crippen molar-refractivity contribution in [3.8, 4) is 0 Å². The number of piperazine rings is 1. The molecule has 1 amide bonds. The van der Waals surface area contributed by atoms with Crippen molar-refractivity contribution in [3.63, 3.8) is 0 Å². The van der Waals surface area contributed by atoms with Crippen LogP contribution in [0.25, 0.3) is 0 Å². The Morgan fingerprint density at radius 2 is 1.87 bits per heavy atom. The first-order valence-electron chi connectivity index (χ1n) is 10.9. The third-order valence-corrected chi connectivity index (χ3v) is 6.35. The summed E-state index contributed by atoms with van der Waals surface area (Å²) in [6, 6.07) is 6.61. The smallest absolute Gasteiger partial charge is 0.228 e. The number of aromatic nitrogens is 2. The standard InChI is InChI=1S/C24H32N4O2/c1-16-5-6-17(2)21(13-16)14-22-18(3)25-19(4)26-23(22)27-8-10-28(11-9-27)24(29)20-7-12-30-15-20/h5-6,13,20H,7-12,14-15H2,1-4H3. The van der Waals surface area contributed by atoms with Gasteiger partial charge in [0.25, 0.3) is 0 Å². The second-order valence-electron chi connectivity index (χ2n) is 8.64. The average Bonchev–Trinajstić information content (AvgIpc) is 3.27. The lowest BCUT2D eigenvalue weighted by Gasteiger charge is -2.37. The lowest BCUT2D eigenvalue weighted by Crippen LogP contribution is -2.51. The summed E-state index contributed by atoms with van der Waals surface area (Å²) in [6.45, 7) is 12.7. The molecule has 6 nitrogen and oxygen atoms in total. The summed E-state index contributed by atoms with van der Waals surface area (Å²) in [6.07, 6.45) is 1.68. The number of amides is 1. The molecule has 0 aliphatic carbocycles. The quantitative estimate of drug-likeness (QED) is 0.778. The summed E-state index contributed by atoms with van der Waals surface area (Å²) in [5, 5.41) is 0. The van der Waals surface area contributed by atoms with Crippen LogP contribution in [0.15, 0.2) is 18.2 Å². The molecule has 2 aromatic rings.